The van der Waals surface area contributed by atoms with Crippen molar-refractivity contribution in [3.63, 3.8) is 0 Å². The standard InChI is InChI=1S/C13H16F3N3O2/c1-8-11(9(2)21-18-8)7-19-6-10(4-3-5-20)12(17-19)13(14,15)16/h6,20H,3-5,7H2,1-2H3. The van der Waals surface area contributed by atoms with E-state index < -0.39 is 11.9 Å². The second-order valence-electron chi connectivity index (χ2n) is 4.83. The van der Waals surface area contributed by atoms with E-state index in [2.05, 4.69) is 10.3 Å². The number of aliphatic hydroxyl groups excluding tert-OH is 1. The van der Waals surface area contributed by atoms with Gasteiger partial charge in [-0.15, -0.1) is 0 Å². The summed E-state index contributed by atoms with van der Waals surface area (Å²) in [5, 5.41) is 16.2. The molecule has 8 heteroatoms. The maximum atomic E-state index is 13.0. The molecular weight excluding hydrogens is 287 g/mol. The van der Waals surface area contributed by atoms with E-state index in [4.69, 9.17) is 9.63 Å². The van der Waals surface area contributed by atoms with Gasteiger partial charge < -0.3 is 9.63 Å². The molecule has 0 aromatic carbocycles. The van der Waals surface area contributed by atoms with Gasteiger partial charge in [-0.2, -0.15) is 18.3 Å². The Morgan fingerprint density at radius 2 is 2.05 bits per heavy atom. The smallest absolute Gasteiger partial charge is 0.396 e. The molecule has 0 unspecified atom stereocenters. The monoisotopic (exact) mass is 303 g/mol. The number of aromatic nitrogens is 3. The molecule has 0 spiro atoms. The molecule has 2 rings (SSSR count). The van der Waals surface area contributed by atoms with Crippen LogP contribution in [0.4, 0.5) is 13.2 Å². The predicted octanol–water partition coefficient (Wildman–Crippen LogP) is 2.48. The lowest BCUT2D eigenvalue weighted by Crippen LogP contribution is -2.10. The van der Waals surface area contributed by atoms with Crippen LogP contribution in [-0.4, -0.2) is 26.7 Å². The van der Waals surface area contributed by atoms with Crippen LogP contribution in [0.25, 0.3) is 0 Å². The van der Waals surface area contributed by atoms with Crippen molar-refractivity contribution in [1.29, 1.82) is 0 Å². The lowest BCUT2D eigenvalue weighted by atomic mass is 10.1. The van der Waals surface area contributed by atoms with Gasteiger partial charge in [-0.25, -0.2) is 0 Å². The molecule has 0 bridgehead atoms. The van der Waals surface area contributed by atoms with Gasteiger partial charge in [0.05, 0.1) is 12.2 Å². The van der Waals surface area contributed by atoms with E-state index in [1.807, 2.05) is 0 Å². The fraction of sp³-hybridized carbons (Fsp3) is 0.538. The molecule has 0 aliphatic heterocycles. The maximum Gasteiger partial charge on any atom is 0.435 e. The van der Waals surface area contributed by atoms with Crippen LogP contribution in [0.1, 0.15) is 34.7 Å². The first-order chi connectivity index (χ1) is 9.82. The molecule has 0 saturated heterocycles. The zero-order valence-electron chi connectivity index (χ0n) is 11.7. The summed E-state index contributed by atoms with van der Waals surface area (Å²) in [6, 6.07) is 0. The maximum absolute atomic E-state index is 13.0. The SMILES string of the molecule is Cc1noc(C)c1Cn1cc(CCCO)c(C(F)(F)F)n1. The zero-order valence-corrected chi connectivity index (χ0v) is 11.7. The molecule has 0 radical (unpaired) electrons. The van der Waals surface area contributed by atoms with Crippen molar-refractivity contribution in [2.24, 2.45) is 0 Å². The molecule has 0 aliphatic rings. The van der Waals surface area contributed by atoms with Gasteiger partial charge in [0.2, 0.25) is 0 Å². The lowest BCUT2D eigenvalue weighted by molar-refractivity contribution is -0.142. The molecule has 0 amide bonds. The molecule has 21 heavy (non-hydrogen) atoms. The second kappa shape index (κ2) is 5.88. The highest BCUT2D eigenvalue weighted by Crippen LogP contribution is 2.31. The van der Waals surface area contributed by atoms with Crippen molar-refractivity contribution in [1.82, 2.24) is 14.9 Å². The van der Waals surface area contributed by atoms with Gasteiger partial charge in [-0.1, -0.05) is 5.16 Å². The summed E-state index contributed by atoms with van der Waals surface area (Å²) in [7, 11) is 0. The fourth-order valence-electron chi connectivity index (χ4n) is 2.12. The van der Waals surface area contributed by atoms with E-state index in [0.29, 0.717) is 11.5 Å². The number of rotatable bonds is 5. The van der Waals surface area contributed by atoms with E-state index >= 15 is 0 Å². The van der Waals surface area contributed by atoms with E-state index in [-0.39, 0.29) is 31.6 Å². The number of hydrogen-bond donors (Lipinski definition) is 1. The Bertz CT molecular complexity index is 597. The third-order valence-corrected chi connectivity index (χ3v) is 3.21. The average molecular weight is 303 g/mol. The molecular formula is C13H16F3N3O2. The van der Waals surface area contributed by atoms with Gasteiger partial charge in [0.15, 0.2) is 5.69 Å². The molecule has 2 aromatic heterocycles. The van der Waals surface area contributed by atoms with Crippen LogP contribution in [0.5, 0.6) is 0 Å². The van der Waals surface area contributed by atoms with Crippen LogP contribution in [0.15, 0.2) is 10.7 Å². The molecule has 2 heterocycles. The Morgan fingerprint density at radius 1 is 1.33 bits per heavy atom. The highest BCUT2D eigenvalue weighted by molar-refractivity contribution is 5.24. The van der Waals surface area contributed by atoms with E-state index in [9.17, 15) is 13.2 Å². The highest BCUT2D eigenvalue weighted by atomic mass is 19.4. The Balaban J connectivity index is 2.31. The van der Waals surface area contributed by atoms with E-state index in [0.717, 1.165) is 5.56 Å². The molecule has 116 valence electrons. The second-order valence-corrected chi connectivity index (χ2v) is 4.83. The van der Waals surface area contributed by atoms with Gasteiger partial charge in [0.1, 0.15) is 5.76 Å². The van der Waals surface area contributed by atoms with Gasteiger partial charge in [-0.3, -0.25) is 4.68 Å². The van der Waals surface area contributed by atoms with Gasteiger partial charge in [-0.05, 0) is 26.7 Å². The zero-order chi connectivity index (χ0) is 15.6. The molecule has 1 N–H and O–H groups in total. The van der Waals surface area contributed by atoms with Crippen LogP contribution < -0.4 is 0 Å². The van der Waals surface area contributed by atoms with Gasteiger partial charge >= 0.3 is 6.18 Å². The average Bonchev–Trinajstić information content (AvgIpc) is 2.94. The largest absolute Gasteiger partial charge is 0.435 e. The number of hydrogen-bond acceptors (Lipinski definition) is 4. The summed E-state index contributed by atoms with van der Waals surface area (Å²) < 4.78 is 45.1. The lowest BCUT2D eigenvalue weighted by Gasteiger charge is -2.05. The topological polar surface area (TPSA) is 64.1 Å². The van der Waals surface area contributed by atoms with Crippen molar-refractivity contribution in [3.05, 3.63) is 34.5 Å². The third-order valence-electron chi connectivity index (χ3n) is 3.21. The van der Waals surface area contributed by atoms with Gasteiger partial charge in [0.25, 0.3) is 0 Å². The number of nitrogens with zero attached hydrogens (tertiary/aromatic N) is 3. The van der Waals surface area contributed by atoms with Crippen molar-refractivity contribution in [2.45, 2.75) is 39.4 Å². The summed E-state index contributed by atoms with van der Waals surface area (Å²) in [5.41, 5.74) is 0.541. The highest BCUT2D eigenvalue weighted by Gasteiger charge is 2.37. The van der Waals surface area contributed by atoms with Crippen molar-refractivity contribution >= 4 is 0 Å². The number of aliphatic hydroxyl groups is 1. The van der Waals surface area contributed by atoms with Crippen molar-refractivity contribution in [2.75, 3.05) is 6.61 Å². The minimum Gasteiger partial charge on any atom is -0.396 e. The summed E-state index contributed by atoms with van der Waals surface area (Å²) >= 11 is 0. The number of alkyl halides is 3. The molecule has 0 fully saturated rings. The molecule has 0 saturated carbocycles. The molecule has 0 atom stereocenters. The van der Waals surface area contributed by atoms with Gasteiger partial charge in [0, 0.05) is 23.9 Å². The minimum atomic E-state index is -4.51. The number of halogens is 3. The number of aryl methyl sites for hydroxylation is 3. The predicted molar refractivity (Wildman–Crippen MR) is 67.7 cm³/mol. The Labute approximate surface area is 119 Å². The van der Waals surface area contributed by atoms with Crippen LogP contribution in [-0.2, 0) is 19.1 Å². The first kappa shape index (κ1) is 15.6. The first-order valence-electron chi connectivity index (χ1n) is 6.49. The third kappa shape index (κ3) is 3.44. The first-order valence-corrected chi connectivity index (χ1v) is 6.49. The Kier molecular flexibility index (Phi) is 4.36. The van der Waals surface area contributed by atoms with Crippen LogP contribution in [0.2, 0.25) is 0 Å². The minimum absolute atomic E-state index is 0.0864. The van der Waals surface area contributed by atoms with Crippen LogP contribution >= 0.6 is 0 Å². The summed E-state index contributed by atoms with van der Waals surface area (Å²) in [4.78, 5) is 0. The summed E-state index contributed by atoms with van der Waals surface area (Å²) in [6.45, 7) is 3.44. The van der Waals surface area contributed by atoms with E-state index in [1.165, 1.54) is 10.9 Å². The summed E-state index contributed by atoms with van der Waals surface area (Å²) in [5.74, 6) is 0.563. The van der Waals surface area contributed by atoms with Crippen LogP contribution in [0, 0.1) is 13.8 Å². The molecule has 5 nitrogen and oxygen atoms in total. The normalized spacial score (nSPS) is 12.1. The fourth-order valence-corrected chi connectivity index (χ4v) is 2.12. The molecule has 0 aliphatic carbocycles. The summed E-state index contributed by atoms with van der Waals surface area (Å²) in [6.07, 6.45) is -2.74. The van der Waals surface area contributed by atoms with Crippen molar-refractivity contribution in [3.8, 4) is 0 Å². The van der Waals surface area contributed by atoms with Crippen LogP contribution in [0.3, 0.4) is 0 Å². The molecule has 2 aromatic rings. The van der Waals surface area contributed by atoms with E-state index in [1.54, 1.807) is 13.8 Å². The Hall–Kier alpha value is -1.83. The quantitative estimate of drug-likeness (QED) is 0.921. The Morgan fingerprint density at radius 3 is 2.57 bits per heavy atom. The van der Waals surface area contributed by atoms with Crippen molar-refractivity contribution < 1.29 is 22.8 Å².